The average molecular weight is 252 g/mol. The Kier molecular flexibility index (Phi) is 3.91. The van der Waals surface area contributed by atoms with Gasteiger partial charge in [0.15, 0.2) is 0 Å². The highest BCUT2D eigenvalue weighted by Gasteiger charge is 2.24. The Labute approximate surface area is 104 Å². The van der Waals surface area contributed by atoms with Crippen molar-refractivity contribution in [2.45, 2.75) is 25.8 Å². The number of carboxylic acid groups (broad SMARTS) is 1. The van der Waals surface area contributed by atoms with Crippen LogP contribution in [0.25, 0.3) is 0 Å². The number of amides is 1. The Bertz CT molecular complexity index is 410. The van der Waals surface area contributed by atoms with Gasteiger partial charge in [-0.2, -0.15) is 5.10 Å². The lowest BCUT2D eigenvalue weighted by Crippen LogP contribution is -2.40. The molecular weight excluding hydrogens is 236 g/mol. The number of hydrogen-bond donors (Lipinski definition) is 1. The van der Waals surface area contributed by atoms with Crippen molar-refractivity contribution in [3.05, 3.63) is 12.7 Å². The Balaban J connectivity index is 1.79. The molecule has 1 aromatic heterocycles. The van der Waals surface area contributed by atoms with Gasteiger partial charge in [-0.15, -0.1) is 0 Å². The number of aliphatic carboxylic acids is 1. The van der Waals surface area contributed by atoms with Crippen LogP contribution in [0.15, 0.2) is 12.7 Å². The number of aromatic nitrogens is 3. The summed E-state index contributed by atoms with van der Waals surface area (Å²) in [5, 5.41) is 12.6. The van der Waals surface area contributed by atoms with Crippen LogP contribution in [0.4, 0.5) is 0 Å². The van der Waals surface area contributed by atoms with Crippen LogP contribution in [0.3, 0.4) is 0 Å². The lowest BCUT2D eigenvalue weighted by atomic mass is 9.93. The summed E-state index contributed by atoms with van der Waals surface area (Å²) < 4.78 is 1.49. The zero-order valence-corrected chi connectivity index (χ0v) is 10.0. The number of carboxylic acids is 1. The van der Waals surface area contributed by atoms with Crippen molar-refractivity contribution in [3.8, 4) is 0 Å². The van der Waals surface area contributed by atoms with Gasteiger partial charge in [0, 0.05) is 19.5 Å². The molecule has 1 aromatic rings. The number of nitrogens with zero attached hydrogens (tertiary/aromatic N) is 4. The van der Waals surface area contributed by atoms with E-state index in [0.29, 0.717) is 13.1 Å². The van der Waals surface area contributed by atoms with Crippen molar-refractivity contribution >= 4 is 11.9 Å². The van der Waals surface area contributed by atoms with E-state index in [4.69, 9.17) is 5.11 Å². The number of carbonyl (C=O) groups is 2. The third-order valence-electron chi connectivity index (χ3n) is 3.19. The maximum absolute atomic E-state index is 11.9. The molecule has 1 N–H and O–H groups in total. The highest BCUT2D eigenvalue weighted by atomic mass is 16.4. The molecule has 0 bridgehead atoms. The van der Waals surface area contributed by atoms with Gasteiger partial charge in [0.25, 0.3) is 0 Å². The van der Waals surface area contributed by atoms with Gasteiger partial charge in [0.1, 0.15) is 19.2 Å². The normalized spacial score (nSPS) is 16.8. The predicted molar refractivity (Wildman–Crippen MR) is 61.6 cm³/mol. The van der Waals surface area contributed by atoms with E-state index in [0.717, 1.165) is 12.8 Å². The van der Waals surface area contributed by atoms with Crippen molar-refractivity contribution in [2.75, 3.05) is 13.1 Å². The Hall–Kier alpha value is -1.92. The molecule has 0 atom stereocenters. The first-order chi connectivity index (χ1) is 8.65. The molecule has 0 radical (unpaired) electrons. The zero-order chi connectivity index (χ0) is 13.0. The number of piperidine rings is 1. The summed E-state index contributed by atoms with van der Waals surface area (Å²) >= 11 is 0. The minimum Gasteiger partial charge on any atom is -0.481 e. The molecule has 98 valence electrons. The fourth-order valence-electron chi connectivity index (χ4n) is 2.19. The molecule has 0 spiro atoms. The third kappa shape index (κ3) is 3.28. The Morgan fingerprint density at radius 2 is 2.06 bits per heavy atom. The fraction of sp³-hybridized carbons (Fsp3) is 0.636. The molecule has 18 heavy (non-hydrogen) atoms. The molecule has 0 saturated carbocycles. The first-order valence-electron chi connectivity index (χ1n) is 5.97. The summed E-state index contributed by atoms with van der Waals surface area (Å²) in [4.78, 5) is 28.1. The van der Waals surface area contributed by atoms with Crippen LogP contribution in [-0.2, 0) is 16.1 Å². The number of hydrogen-bond acceptors (Lipinski definition) is 4. The van der Waals surface area contributed by atoms with E-state index in [1.807, 2.05) is 0 Å². The summed E-state index contributed by atoms with van der Waals surface area (Å²) in [6, 6.07) is 0. The Morgan fingerprint density at radius 1 is 1.33 bits per heavy atom. The molecule has 7 nitrogen and oxygen atoms in total. The molecule has 0 aliphatic carbocycles. The van der Waals surface area contributed by atoms with Gasteiger partial charge >= 0.3 is 5.97 Å². The van der Waals surface area contributed by atoms with Crippen LogP contribution >= 0.6 is 0 Å². The van der Waals surface area contributed by atoms with E-state index in [9.17, 15) is 9.59 Å². The molecule has 2 rings (SSSR count). The quantitative estimate of drug-likeness (QED) is 0.814. The lowest BCUT2D eigenvalue weighted by Gasteiger charge is -2.31. The van der Waals surface area contributed by atoms with Gasteiger partial charge in [-0.05, 0) is 18.8 Å². The molecule has 1 aliphatic rings. The van der Waals surface area contributed by atoms with E-state index in [-0.39, 0.29) is 24.8 Å². The SMILES string of the molecule is O=C(O)CC1CCN(C(=O)Cn2cncn2)CC1. The minimum atomic E-state index is -0.762. The second-order valence-electron chi connectivity index (χ2n) is 4.52. The number of carbonyl (C=O) groups excluding carboxylic acids is 1. The zero-order valence-electron chi connectivity index (χ0n) is 10.0. The van der Waals surface area contributed by atoms with Crippen LogP contribution in [0, 0.1) is 5.92 Å². The van der Waals surface area contributed by atoms with Crippen molar-refractivity contribution in [1.29, 1.82) is 0 Å². The molecule has 0 aromatic carbocycles. The van der Waals surface area contributed by atoms with Gasteiger partial charge in [0.2, 0.25) is 5.91 Å². The summed E-state index contributed by atoms with van der Waals surface area (Å²) in [5.41, 5.74) is 0. The van der Waals surface area contributed by atoms with Gasteiger partial charge < -0.3 is 10.0 Å². The number of likely N-dealkylation sites (tertiary alicyclic amines) is 1. The summed E-state index contributed by atoms with van der Waals surface area (Å²) in [5.74, 6) is -0.561. The lowest BCUT2D eigenvalue weighted by molar-refractivity contribution is -0.138. The topological polar surface area (TPSA) is 88.3 Å². The molecular formula is C11H16N4O3. The molecule has 0 unspecified atom stereocenters. The van der Waals surface area contributed by atoms with E-state index in [1.54, 1.807) is 4.90 Å². The van der Waals surface area contributed by atoms with Gasteiger partial charge in [-0.25, -0.2) is 9.67 Å². The monoisotopic (exact) mass is 252 g/mol. The molecule has 1 fully saturated rings. The van der Waals surface area contributed by atoms with Crippen molar-refractivity contribution < 1.29 is 14.7 Å². The van der Waals surface area contributed by atoms with Crippen molar-refractivity contribution in [3.63, 3.8) is 0 Å². The highest BCUT2D eigenvalue weighted by Crippen LogP contribution is 2.20. The van der Waals surface area contributed by atoms with Gasteiger partial charge in [0.05, 0.1) is 0 Å². The second-order valence-corrected chi connectivity index (χ2v) is 4.52. The van der Waals surface area contributed by atoms with Crippen molar-refractivity contribution in [1.82, 2.24) is 19.7 Å². The number of rotatable bonds is 4. The smallest absolute Gasteiger partial charge is 0.303 e. The maximum atomic E-state index is 11.9. The molecule has 2 heterocycles. The second kappa shape index (κ2) is 5.61. The van der Waals surface area contributed by atoms with E-state index in [2.05, 4.69) is 10.1 Å². The summed E-state index contributed by atoms with van der Waals surface area (Å²) in [7, 11) is 0. The van der Waals surface area contributed by atoms with Crippen molar-refractivity contribution in [2.24, 2.45) is 5.92 Å². The van der Waals surface area contributed by atoms with Gasteiger partial charge in [-0.3, -0.25) is 9.59 Å². The van der Waals surface area contributed by atoms with Crippen LogP contribution < -0.4 is 0 Å². The van der Waals surface area contributed by atoms with Gasteiger partial charge in [-0.1, -0.05) is 0 Å². The standard InChI is InChI=1S/C11H16N4O3/c16-10(6-15-8-12-7-13-15)14-3-1-9(2-4-14)5-11(17)18/h7-9H,1-6H2,(H,17,18). The van der Waals surface area contributed by atoms with Crippen LogP contribution in [0.2, 0.25) is 0 Å². The van der Waals surface area contributed by atoms with Crippen LogP contribution in [0.1, 0.15) is 19.3 Å². The molecule has 7 heteroatoms. The summed E-state index contributed by atoms with van der Waals surface area (Å²) in [6.45, 7) is 1.46. The fourth-order valence-corrected chi connectivity index (χ4v) is 2.19. The molecule has 1 saturated heterocycles. The summed E-state index contributed by atoms with van der Waals surface area (Å²) in [6.07, 6.45) is 4.62. The first-order valence-corrected chi connectivity index (χ1v) is 5.97. The predicted octanol–water partition coefficient (Wildman–Crippen LogP) is -0.00860. The van der Waals surface area contributed by atoms with E-state index in [1.165, 1.54) is 17.3 Å². The van der Waals surface area contributed by atoms with Crippen LogP contribution in [0.5, 0.6) is 0 Å². The third-order valence-corrected chi connectivity index (χ3v) is 3.19. The van der Waals surface area contributed by atoms with E-state index < -0.39 is 5.97 Å². The first kappa shape index (κ1) is 12.5. The highest BCUT2D eigenvalue weighted by molar-refractivity contribution is 5.76. The molecule has 1 aliphatic heterocycles. The largest absolute Gasteiger partial charge is 0.481 e. The van der Waals surface area contributed by atoms with Crippen LogP contribution in [-0.4, -0.2) is 49.7 Å². The molecule has 1 amide bonds. The maximum Gasteiger partial charge on any atom is 0.303 e. The Morgan fingerprint density at radius 3 is 2.61 bits per heavy atom. The minimum absolute atomic E-state index is 0.00859. The average Bonchev–Trinajstić information content (AvgIpc) is 2.82. The van der Waals surface area contributed by atoms with E-state index >= 15 is 0 Å².